The molecule has 0 spiro atoms. The Kier molecular flexibility index (Phi) is 32.0. The first-order valence-electron chi connectivity index (χ1n) is 14.6. The van der Waals surface area contributed by atoms with E-state index >= 15 is 0 Å². The van der Waals surface area contributed by atoms with Crippen LogP contribution < -0.4 is 5.73 Å². The molecule has 0 aromatic rings. The highest BCUT2D eigenvalue weighted by Gasteiger charge is 2.02. The Labute approximate surface area is 202 Å². The summed E-state index contributed by atoms with van der Waals surface area (Å²) in [6.45, 7) is 6.19. The maximum Gasteiger partial charge on any atom is 0.303 e. The lowest BCUT2D eigenvalue weighted by Crippen LogP contribution is -2.19. The summed E-state index contributed by atoms with van der Waals surface area (Å²) in [5, 5.41) is 7.72. The third-order valence-corrected chi connectivity index (χ3v) is 6.41. The van der Waals surface area contributed by atoms with Gasteiger partial charge in [0.25, 0.3) is 0 Å². The van der Waals surface area contributed by atoms with E-state index in [0.717, 1.165) is 0 Å². The molecule has 0 aromatic heterocycles. The SMILES string of the molecule is CCC(=O)O.CCCCCCCCCCCCCC(N)CCCCCCCCCCCC. The van der Waals surface area contributed by atoms with Crippen LogP contribution in [0.15, 0.2) is 0 Å². The quantitative estimate of drug-likeness (QED) is 0.142. The van der Waals surface area contributed by atoms with Crippen molar-refractivity contribution in [2.75, 3.05) is 0 Å². The maximum atomic E-state index is 9.37. The fourth-order valence-corrected chi connectivity index (χ4v) is 4.11. The predicted octanol–water partition coefficient (Wildman–Crippen LogP) is 9.81. The number of rotatable bonds is 24. The zero-order chi connectivity index (χ0) is 24.1. The van der Waals surface area contributed by atoms with Gasteiger partial charge in [0, 0.05) is 12.5 Å². The second-order valence-electron chi connectivity index (χ2n) is 9.80. The molecule has 3 heteroatoms. The van der Waals surface area contributed by atoms with Crippen LogP contribution in [-0.4, -0.2) is 17.1 Å². The molecular weight excluding hydrogens is 394 g/mol. The molecule has 1 atom stereocenters. The summed E-state index contributed by atoms with van der Waals surface area (Å²) in [7, 11) is 0. The van der Waals surface area contributed by atoms with Crippen LogP contribution in [0.4, 0.5) is 0 Å². The lowest BCUT2D eigenvalue weighted by Gasteiger charge is -2.11. The molecule has 0 heterocycles. The normalized spacial score (nSPS) is 11.8. The second kappa shape index (κ2) is 30.4. The molecule has 0 saturated heterocycles. The van der Waals surface area contributed by atoms with Crippen LogP contribution in [0.1, 0.15) is 175 Å². The summed E-state index contributed by atoms with van der Waals surface area (Å²) in [6, 6.07) is 0.470. The Morgan fingerprint density at radius 3 is 0.969 bits per heavy atom. The van der Waals surface area contributed by atoms with E-state index in [1.807, 2.05) is 0 Å². The van der Waals surface area contributed by atoms with Gasteiger partial charge in [-0.3, -0.25) is 4.79 Å². The molecule has 3 nitrogen and oxygen atoms in total. The van der Waals surface area contributed by atoms with Crippen LogP contribution in [0.5, 0.6) is 0 Å². The lowest BCUT2D eigenvalue weighted by atomic mass is 10.00. The largest absolute Gasteiger partial charge is 0.481 e. The number of unbranched alkanes of at least 4 members (excludes halogenated alkanes) is 19. The third kappa shape index (κ3) is 34.1. The topological polar surface area (TPSA) is 63.3 Å². The van der Waals surface area contributed by atoms with E-state index in [1.54, 1.807) is 6.92 Å². The van der Waals surface area contributed by atoms with Crippen molar-refractivity contribution in [2.24, 2.45) is 5.73 Å². The zero-order valence-electron chi connectivity index (χ0n) is 22.5. The maximum absolute atomic E-state index is 9.37. The summed E-state index contributed by atoms with van der Waals surface area (Å²) in [6.07, 6.45) is 32.7. The van der Waals surface area contributed by atoms with E-state index < -0.39 is 5.97 Å². The van der Waals surface area contributed by atoms with Gasteiger partial charge in [-0.05, 0) is 12.8 Å². The summed E-state index contributed by atoms with van der Waals surface area (Å²) >= 11 is 0. The summed E-state index contributed by atoms with van der Waals surface area (Å²) in [4.78, 5) is 9.37. The summed E-state index contributed by atoms with van der Waals surface area (Å²) in [5.41, 5.74) is 6.30. The molecule has 32 heavy (non-hydrogen) atoms. The van der Waals surface area contributed by atoms with E-state index in [1.165, 1.54) is 148 Å². The second-order valence-corrected chi connectivity index (χ2v) is 9.80. The number of aliphatic carboxylic acids is 1. The number of hydrogen-bond acceptors (Lipinski definition) is 2. The third-order valence-electron chi connectivity index (χ3n) is 6.41. The monoisotopic (exact) mass is 455 g/mol. The van der Waals surface area contributed by atoms with Crippen LogP contribution in [0.3, 0.4) is 0 Å². The van der Waals surface area contributed by atoms with E-state index in [2.05, 4.69) is 13.8 Å². The van der Waals surface area contributed by atoms with Crippen molar-refractivity contribution in [3.05, 3.63) is 0 Å². The Bertz CT molecular complexity index is 346. The molecule has 194 valence electrons. The molecule has 0 fully saturated rings. The number of hydrogen-bond donors (Lipinski definition) is 2. The van der Waals surface area contributed by atoms with Crippen LogP contribution >= 0.6 is 0 Å². The molecule has 0 rings (SSSR count). The molecule has 0 radical (unpaired) electrons. The van der Waals surface area contributed by atoms with Crippen molar-refractivity contribution < 1.29 is 9.90 Å². The van der Waals surface area contributed by atoms with E-state index in [9.17, 15) is 4.79 Å². The van der Waals surface area contributed by atoms with Gasteiger partial charge in [-0.15, -0.1) is 0 Å². The Hall–Kier alpha value is -0.570. The first-order valence-corrected chi connectivity index (χ1v) is 14.6. The Balaban J connectivity index is 0. The molecule has 1 unspecified atom stereocenters. The van der Waals surface area contributed by atoms with Gasteiger partial charge in [0.2, 0.25) is 0 Å². The average Bonchev–Trinajstić information content (AvgIpc) is 2.79. The molecule has 0 amide bonds. The van der Waals surface area contributed by atoms with Crippen LogP contribution in [-0.2, 0) is 4.79 Å². The van der Waals surface area contributed by atoms with E-state index in [4.69, 9.17) is 10.8 Å². The highest BCUT2D eigenvalue weighted by atomic mass is 16.4. The molecule has 0 bridgehead atoms. The van der Waals surface area contributed by atoms with Crippen molar-refractivity contribution in [1.29, 1.82) is 0 Å². The van der Waals surface area contributed by atoms with Crippen LogP contribution in [0.2, 0.25) is 0 Å². The number of carboxylic acids is 1. The summed E-state index contributed by atoms with van der Waals surface area (Å²) in [5.74, 6) is -0.745. The van der Waals surface area contributed by atoms with Crippen LogP contribution in [0, 0.1) is 0 Å². The highest BCUT2D eigenvalue weighted by Crippen LogP contribution is 2.15. The molecule has 0 aliphatic carbocycles. The van der Waals surface area contributed by atoms with Gasteiger partial charge < -0.3 is 10.8 Å². The molecule has 0 saturated carbocycles. The van der Waals surface area contributed by atoms with Crippen molar-refractivity contribution >= 4 is 5.97 Å². The smallest absolute Gasteiger partial charge is 0.303 e. The first-order chi connectivity index (χ1) is 15.6. The minimum absolute atomic E-state index is 0.222. The molecule has 0 aliphatic rings. The molecular formula is C29H61NO2. The van der Waals surface area contributed by atoms with Crippen molar-refractivity contribution in [3.63, 3.8) is 0 Å². The standard InChI is InChI=1S/C26H55N.C3H6O2/c1-3-5-7-9-11-13-15-17-19-21-23-25-26(27)24-22-20-18-16-14-12-10-8-6-4-2;1-2-3(4)5/h26H,3-25,27H2,1-2H3;2H2,1H3,(H,4,5). The minimum Gasteiger partial charge on any atom is -0.481 e. The fraction of sp³-hybridized carbons (Fsp3) is 0.966. The van der Waals surface area contributed by atoms with Gasteiger partial charge in [0.05, 0.1) is 0 Å². The molecule has 0 aliphatic heterocycles. The first kappa shape index (κ1) is 33.6. The predicted molar refractivity (Wildman–Crippen MR) is 143 cm³/mol. The molecule has 0 aromatic carbocycles. The van der Waals surface area contributed by atoms with Gasteiger partial charge in [0.15, 0.2) is 0 Å². The number of carbonyl (C=O) groups is 1. The number of carboxylic acid groups (broad SMARTS) is 1. The van der Waals surface area contributed by atoms with Crippen molar-refractivity contribution in [3.8, 4) is 0 Å². The van der Waals surface area contributed by atoms with Crippen LogP contribution in [0.25, 0.3) is 0 Å². The number of nitrogens with two attached hydrogens (primary N) is 1. The lowest BCUT2D eigenvalue weighted by molar-refractivity contribution is -0.136. The summed E-state index contributed by atoms with van der Waals surface area (Å²) < 4.78 is 0. The average molecular weight is 456 g/mol. The zero-order valence-corrected chi connectivity index (χ0v) is 22.5. The highest BCUT2D eigenvalue weighted by molar-refractivity contribution is 5.66. The van der Waals surface area contributed by atoms with Gasteiger partial charge in [-0.25, -0.2) is 0 Å². The Morgan fingerprint density at radius 1 is 0.531 bits per heavy atom. The van der Waals surface area contributed by atoms with Crippen molar-refractivity contribution in [2.45, 2.75) is 181 Å². The van der Waals surface area contributed by atoms with Gasteiger partial charge >= 0.3 is 5.97 Å². The van der Waals surface area contributed by atoms with E-state index in [0.29, 0.717) is 6.04 Å². The van der Waals surface area contributed by atoms with Gasteiger partial charge in [-0.2, -0.15) is 0 Å². The van der Waals surface area contributed by atoms with E-state index in [-0.39, 0.29) is 6.42 Å². The fourth-order valence-electron chi connectivity index (χ4n) is 4.11. The molecule has 3 N–H and O–H groups in total. The Morgan fingerprint density at radius 2 is 0.750 bits per heavy atom. The van der Waals surface area contributed by atoms with Gasteiger partial charge in [-0.1, -0.05) is 156 Å². The van der Waals surface area contributed by atoms with Crippen molar-refractivity contribution in [1.82, 2.24) is 0 Å². The minimum atomic E-state index is -0.745. The van der Waals surface area contributed by atoms with Gasteiger partial charge in [0.1, 0.15) is 0 Å².